The predicted octanol–water partition coefficient (Wildman–Crippen LogP) is 2.91. The van der Waals surface area contributed by atoms with Crippen LogP contribution in [0.4, 0.5) is 0 Å². The second kappa shape index (κ2) is 6.35. The molecule has 4 nitrogen and oxygen atoms in total. The zero-order chi connectivity index (χ0) is 15.4. The number of aromatic nitrogens is 2. The summed E-state index contributed by atoms with van der Waals surface area (Å²) in [5.41, 5.74) is 3.33. The molecule has 2 heterocycles. The Hall–Kier alpha value is -2.75. The molecule has 1 aromatic carbocycles. The average Bonchev–Trinajstić information content (AvgIpc) is 2.55. The number of para-hydroxylation sites is 1. The zero-order valence-corrected chi connectivity index (χ0v) is 12.4. The van der Waals surface area contributed by atoms with Crippen LogP contribution in [0.25, 0.3) is 10.9 Å². The first-order valence-corrected chi connectivity index (χ1v) is 7.28. The Labute approximate surface area is 129 Å². The minimum absolute atomic E-state index is 0.0716. The maximum Gasteiger partial charge on any atom is 0.252 e. The molecule has 0 spiro atoms. The van der Waals surface area contributed by atoms with Crippen LogP contribution in [0.5, 0.6) is 0 Å². The van der Waals surface area contributed by atoms with Gasteiger partial charge in [0.05, 0.1) is 11.1 Å². The van der Waals surface area contributed by atoms with Gasteiger partial charge in [0.15, 0.2) is 0 Å². The van der Waals surface area contributed by atoms with Gasteiger partial charge in [-0.05, 0) is 31.2 Å². The highest BCUT2D eigenvalue weighted by Gasteiger charge is 2.11. The van der Waals surface area contributed by atoms with Crippen molar-refractivity contribution in [2.24, 2.45) is 0 Å². The molecule has 0 aliphatic carbocycles. The quantitative estimate of drug-likeness (QED) is 0.804. The molecule has 110 valence electrons. The van der Waals surface area contributed by atoms with E-state index in [4.69, 9.17) is 0 Å². The monoisotopic (exact) mass is 291 g/mol. The standard InChI is InChI=1S/C18H17N3O/c1-13-12-16(15-7-2-3-8-17(15)21-13)18(22)20-11-9-14-6-4-5-10-19-14/h2-8,10,12H,9,11H2,1H3,(H,20,22). The van der Waals surface area contributed by atoms with Gasteiger partial charge >= 0.3 is 0 Å². The second-order valence-electron chi connectivity index (χ2n) is 5.16. The lowest BCUT2D eigenvalue weighted by atomic mass is 10.1. The number of amides is 1. The van der Waals surface area contributed by atoms with E-state index in [9.17, 15) is 4.79 Å². The van der Waals surface area contributed by atoms with Gasteiger partial charge in [-0.15, -0.1) is 0 Å². The third-order valence-corrected chi connectivity index (χ3v) is 3.48. The number of hydrogen-bond acceptors (Lipinski definition) is 3. The Morgan fingerprint density at radius 2 is 1.95 bits per heavy atom. The van der Waals surface area contributed by atoms with Gasteiger partial charge in [0.1, 0.15) is 0 Å². The third-order valence-electron chi connectivity index (χ3n) is 3.48. The molecule has 0 bridgehead atoms. The van der Waals surface area contributed by atoms with Crippen molar-refractivity contribution in [1.82, 2.24) is 15.3 Å². The van der Waals surface area contributed by atoms with E-state index in [1.54, 1.807) is 6.20 Å². The van der Waals surface area contributed by atoms with Crippen LogP contribution in [-0.4, -0.2) is 22.4 Å². The van der Waals surface area contributed by atoms with E-state index in [-0.39, 0.29) is 5.91 Å². The molecule has 0 radical (unpaired) electrons. The number of nitrogens with one attached hydrogen (secondary N) is 1. The van der Waals surface area contributed by atoms with Crippen LogP contribution in [0.1, 0.15) is 21.7 Å². The van der Waals surface area contributed by atoms with Crippen LogP contribution in [0.3, 0.4) is 0 Å². The number of nitrogens with zero attached hydrogens (tertiary/aromatic N) is 2. The van der Waals surface area contributed by atoms with Crippen molar-refractivity contribution in [2.45, 2.75) is 13.3 Å². The van der Waals surface area contributed by atoms with Crippen molar-refractivity contribution in [1.29, 1.82) is 0 Å². The average molecular weight is 291 g/mol. The number of hydrogen-bond donors (Lipinski definition) is 1. The molecule has 1 N–H and O–H groups in total. The number of carbonyl (C=O) groups is 1. The van der Waals surface area contributed by atoms with Gasteiger partial charge in [0.2, 0.25) is 0 Å². The van der Waals surface area contributed by atoms with Crippen LogP contribution in [0.2, 0.25) is 0 Å². The molecule has 3 aromatic rings. The molecule has 0 aliphatic heterocycles. The summed E-state index contributed by atoms with van der Waals surface area (Å²) < 4.78 is 0. The van der Waals surface area contributed by atoms with Crippen molar-refractivity contribution in [2.75, 3.05) is 6.54 Å². The zero-order valence-electron chi connectivity index (χ0n) is 12.4. The Morgan fingerprint density at radius 1 is 1.14 bits per heavy atom. The molecular weight excluding hydrogens is 274 g/mol. The van der Waals surface area contributed by atoms with Crippen molar-refractivity contribution in [3.05, 3.63) is 71.7 Å². The Balaban J connectivity index is 1.75. The first kappa shape index (κ1) is 14.2. The molecule has 0 saturated heterocycles. The van der Waals surface area contributed by atoms with Gasteiger partial charge in [-0.1, -0.05) is 24.3 Å². The molecule has 0 aliphatic rings. The third kappa shape index (κ3) is 3.11. The van der Waals surface area contributed by atoms with E-state index in [0.717, 1.165) is 22.3 Å². The maximum atomic E-state index is 12.4. The van der Waals surface area contributed by atoms with E-state index in [2.05, 4.69) is 15.3 Å². The summed E-state index contributed by atoms with van der Waals surface area (Å²) >= 11 is 0. The molecule has 1 amide bonds. The van der Waals surface area contributed by atoms with E-state index in [1.165, 1.54) is 0 Å². The van der Waals surface area contributed by atoms with Gasteiger partial charge < -0.3 is 5.32 Å². The summed E-state index contributed by atoms with van der Waals surface area (Å²) in [4.78, 5) is 21.1. The highest BCUT2D eigenvalue weighted by molar-refractivity contribution is 6.06. The predicted molar refractivity (Wildman–Crippen MR) is 86.8 cm³/mol. The molecule has 4 heteroatoms. The smallest absolute Gasteiger partial charge is 0.252 e. The topological polar surface area (TPSA) is 54.9 Å². The largest absolute Gasteiger partial charge is 0.352 e. The summed E-state index contributed by atoms with van der Waals surface area (Å²) in [6, 6.07) is 15.3. The van der Waals surface area contributed by atoms with Crippen molar-refractivity contribution in [3.63, 3.8) is 0 Å². The number of pyridine rings is 2. The van der Waals surface area contributed by atoms with Crippen LogP contribution < -0.4 is 5.32 Å². The van der Waals surface area contributed by atoms with Crippen molar-refractivity contribution >= 4 is 16.8 Å². The first-order valence-electron chi connectivity index (χ1n) is 7.28. The number of benzene rings is 1. The van der Waals surface area contributed by atoms with Crippen molar-refractivity contribution < 1.29 is 4.79 Å². The summed E-state index contributed by atoms with van der Waals surface area (Å²) in [5.74, 6) is -0.0716. The SMILES string of the molecule is Cc1cc(C(=O)NCCc2ccccn2)c2ccccc2n1. The van der Waals surface area contributed by atoms with Crippen LogP contribution in [0.15, 0.2) is 54.7 Å². The van der Waals surface area contributed by atoms with Gasteiger partial charge in [0, 0.05) is 35.9 Å². The second-order valence-corrected chi connectivity index (χ2v) is 5.16. The Morgan fingerprint density at radius 3 is 2.77 bits per heavy atom. The van der Waals surface area contributed by atoms with E-state index in [0.29, 0.717) is 18.5 Å². The van der Waals surface area contributed by atoms with Gasteiger partial charge in [-0.25, -0.2) is 0 Å². The highest BCUT2D eigenvalue weighted by atomic mass is 16.1. The van der Waals surface area contributed by atoms with Crippen LogP contribution in [0, 0.1) is 6.92 Å². The number of aryl methyl sites for hydroxylation is 1. The lowest BCUT2D eigenvalue weighted by molar-refractivity contribution is 0.0955. The Kier molecular flexibility index (Phi) is 4.10. The van der Waals surface area contributed by atoms with Gasteiger partial charge in [-0.3, -0.25) is 14.8 Å². The van der Waals surface area contributed by atoms with E-state index < -0.39 is 0 Å². The summed E-state index contributed by atoms with van der Waals surface area (Å²) in [6.45, 7) is 2.46. The molecule has 0 fully saturated rings. The fourth-order valence-corrected chi connectivity index (χ4v) is 2.44. The van der Waals surface area contributed by atoms with Crippen molar-refractivity contribution in [3.8, 4) is 0 Å². The minimum atomic E-state index is -0.0716. The number of fused-ring (bicyclic) bond motifs is 1. The fourth-order valence-electron chi connectivity index (χ4n) is 2.44. The minimum Gasteiger partial charge on any atom is -0.352 e. The highest BCUT2D eigenvalue weighted by Crippen LogP contribution is 2.18. The molecule has 0 unspecified atom stereocenters. The molecular formula is C18H17N3O. The van der Waals surface area contributed by atoms with Crippen LogP contribution >= 0.6 is 0 Å². The molecule has 3 rings (SSSR count). The first-order chi connectivity index (χ1) is 10.7. The fraction of sp³-hybridized carbons (Fsp3) is 0.167. The number of carbonyl (C=O) groups excluding carboxylic acids is 1. The van der Waals surface area contributed by atoms with Gasteiger partial charge in [-0.2, -0.15) is 0 Å². The van der Waals surface area contributed by atoms with E-state index >= 15 is 0 Å². The lowest BCUT2D eigenvalue weighted by Gasteiger charge is -2.09. The molecule has 0 atom stereocenters. The Bertz CT molecular complexity index is 800. The normalized spacial score (nSPS) is 10.6. The molecule has 0 saturated carbocycles. The van der Waals surface area contributed by atoms with Crippen LogP contribution in [-0.2, 0) is 6.42 Å². The van der Waals surface area contributed by atoms with E-state index in [1.807, 2.05) is 55.5 Å². The summed E-state index contributed by atoms with van der Waals surface area (Å²) in [6.07, 6.45) is 2.48. The summed E-state index contributed by atoms with van der Waals surface area (Å²) in [7, 11) is 0. The molecule has 22 heavy (non-hydrogen) atoms. The lowest BCUT2D eigenvalue weighted by Crippen LogP contribution is -2.26. The molecule has 2 aromatic heterocycles. The maximum absolute atomic E-state index is 12.4. The van der Waals surface area contributed by atoms with Gasteiger partial charge in [0.25, 0.3) is 5.91 Å². The number of rotatable bonds is 4. The summed E-state index contributed by atoms with van der Waals surface area (Å²) in [5, 5.41) is 3.84.